The summed E-state index contributed by atoms with van der Waals surface area (Å²) in [5, 5.41) is 0.684. The molecular formula is C30H33ClN2O4. The first-order chi connectivity index (χ1) is 18.0. The Labute approximate surface area is 223 Å². The first kappa shape index (κ1) is 26.9. The van der Waals surface area contributed by atoms with Crippen molar-refractivity contribution in [2.24, 2.45) is 0 Å². The minimum Gasteiger partial charge on any atom is -0.465 e. The molecule has 0 spiro atoms. The molecule has 1 atom stereocenters. The normalized spacial score (nSPS) is 14.8. The number of amides is 1. The molecule has 7 heteroatoms. The Bertz CT molecular complexity index is 1140. The van der Waals surface area contributed by atoms with Gasteiger partial charge >= 0.3 is 5.97 Å². The van der Waals surface area contributed by atoms with Crippen LogP contribution in [-0.2, 0) is 27.3 Å². The molecule has 3 aromatic carbocycles. The lowest BCUT2D eigenvalue weighted by atomic mass is 10.1. The second kappa shape index (κ2) is 13.4. The van der Waals surface area contributed by atoms with Gasteiger partial charge < -0.3 is 14.4 Å². The molecule has 1 aliphatic heterocycles. The van der Waals surface area contributed by atoms with E-state index < -0.39 is 0 Å². The highest BCUT2D eigenvalue weighted by Gasteiger charge is 2.24. The number of aryl methyl sites for hydroxylation is 1. The van der Waals surface area contributed by atoms with Crippen molar-refractivity contribution in [3.63, 3.8) is 0 Å². The number of halogens is 1. The largest absolute Gasteiger partial charge is 0.465 e. The molecule has 0 radical (unpaired) electrons. The van der Waals surface area contributed by atoms with Gasteiger partial charge in [-0.1, -0.05) is 66.2 Å². The fourth-order valence-corrected chi connectivity index (χ4v) is 4.58. The predicted molar refractivity (Wildman–Crippen MR) is 145 cm³/mol. The van der Waals surface area contributed by atoms with E-state index in [0.717, 1.165) is 43.7 Å². The predicted octanol–water partition coefficient (Wildman–Crippen LogP) is 5.16. The van der Waals surface area contributed by atoms with Crippen molar-refractivity contribution < 1.29 is 19.1 Å². The van der Waals surface area contributed by atoms with E-state index in [0.29, 0.717) is 30.2 Å². The first-order valence-corrected chi connectivity index (χ1v) is 13.0. The van der Waals surface area contributed by atoms with Crippen molar-refractivity contribution in [2.45, 2.75) is 25.6 Å². The molecule has 37 heavy (non-hydrogen) atoms. The number of hydrogen-bond donors (Lipinski definition) is 0. The molecule has 3 aromatic rings. The molecule has 1 heterocycles. The van der Waals surface area contributed by atoms with Crippen LogP contribution in [0.2, 0.25) is 5.02 Å². The molecular weight excluding hydrogens is 488 g/mol. The summed E-state index contributed by atoms with van der Waals surface area (Å²) in [7, 11) is 1.37. The number of methoxy groups -OCH3 is 1. The molecule has 194 valence electrons. The maximum atomic E-state index is 12.7. The molecule has 4 rings (SSSR count). The fourth-order valence-electron chi connectivity index (χ4n) is 4.45. The lowest BCUT2D eigenvalue weighted by Gasteiger charge is -2.36. The number of esters is 1. The van der Waals surface area contributed by atoms with E-state index in [2.05, 4.69) is 17.0 Å². The molecule has 1 aliphatic rings. The van der Waals surface area contributed by atoms with Gasteiger partial charge in [0.15, 0.2) is 0 Å². The minimum absolute atomic E-state index is 0.155. The number of ether oxygens (including phenoxy) is 2. The average molecular weight is 521 g/mol. The molecule has 0 N–H and O–H groups in total. The highest BCUT2D eigenvalue weighted by Crippen LogP contribution is 2.24. The molecule has 6 nitrogen and oxygen atoms in total. The summed E-state index contributed by atoms with van der Waals surface area (Å²) in [5.74, 6) is -0.145. The van der Waals surface area contributed by atoms with Gasteiger partial charge in [-0.3, -0.25) is 9.69 Å². The van der Waals surface area contributed by atoms with E-state index in [4.69, 9.17) is 21.1 Å². The van der Waals surface area contributed by atoms with Crippen molar-refractivity contribution in [1.29, 1.82) is 0 Å². The number of piperazine rings is 1. The Hall–Kier alpha value is -3.19. The number of carbonyl (C=O) groups is 2. The number of carbonyl (C=O) groups excluding carboxylic acids is 2. The smallest absolute Gasteiger partial charge is 0.337 e. The number of rotatable bonds is 10. The molecule has 0 unspecified atom stereocenters. The summed E-state index contributed by atoms with van der Waals surface area (Å²) < 4.78 is 11.1. The summed E-state index contributed by atoms with van der Waals surface area (Å²) in [5.41, 5.74) is 3.73. The Balaban J connectivity index is 1.32. The average Bonchev–Trinajstić information content (AvgIpc) is 2.95. The Morgan fingerprint density at radius 1 is 0.865 bits per heavy atom. The molecule has 0 aliphatic carbocycles. The van der Waals surface area contributed by atoms with E-state index in [9.17, 15) is 9.59 Å². The van der Waals surface area contributed by atoms with Crippen LogP contribution in [0.3, 0.4) is 0 Å². The highest BCUT2D eigenvalue weighted by atomic mass is 35.5. The van der Waals surface area contributed by atoms with Crippen LogP contribution < -0.4 is 0 Å². The fraction of sp³-hybridized carbons (Fsp3) is 0.333. The lowest BCUT2D eigenvalue weighted by Crippen LogP contribution is -2.49. The van der Waals surface area contributed by atoms with Crippen LogP contribution in [0.1, 0.15) is 39.6 Å². The Morgan fingerprint density at radius 3 is 2.19 bits per heavy atom. The molecule has 1 fully saturated rings. The third-order valence-electron chi connectivity index (χ3n) is 6.69. The molecule has 1 amide bonds. The second-order valence-corrected chi connectivity index (χ2v) is 9.64. The highest BCUT2D eigenvalue weighted by molar-refractivity contribution is 6.30. The van der Waals surface area contributed by atoms with E-state index in [1.807, 2.05) is 59.5 Å². The number of benzene rings is 3. The van der Waals surface area contributed by atoms with Crippen LogP contribution in [-0.4, -0.2) is 61.5 Å². The van der Waals surface area contributed by atoms with Crippen LogP contribution in [0.5, 0.6) is 0 Å². The summed E-state index contributed by atoms with van der Waals surface area (Å²) in [6.07, 6.45) is 1.15. The third-order valence-corrected chi connectivity index (χ3v) is 6.94. The topological polar surface area (TPSA) is 59.1 Å². The van der Waals surface area contributed by atoms with Crippen molar-refractivity contribution >= 4 is 23.5 Å². The standard InChI is InChI=1S/C30H33ClN2O4/c1-36-30(35)26-10-7-24(8-11-26)22-37-28(25-12-14-27(31)15-13-25)21-32-17-19-33(20-18-32)29(34)16-9-23-5-3-2-4-6-23/h2-8,10-15,28H,9,16-22H2,1H3/t28-/m1/s1. The Kier molecular flexibility index (Phi) is 9.71. The molecule has 0 bridgehead atoms. The third kappa shape index (κ3) is 7.89. The summed E-state index contributed by atoms with van der Waals surface area (Å²) in [6, 6.07) is 25.1. The summed E-state index contributed by atoms with van der Waals surface area (Å²) in [6.45, 7) is 4.17. The monoisotopic (exact) mass is 520 g/mol. The second-order valence-electron chi connectivity index (χ2n) is 9.21. The quantitative estimate of drug-likeness (QED) is 0.345. The van der Waals surface area contributed by atoms with Gasteiger partial charge in [-0.15, -0.1) is 0 Å². The van der Waals surface area contributed by atoms with Crippen molar-refractivity contribution in [1.82, 2.24) is 9.80 Å². The van der Waals surface area contributed by atoms with Gasteiger partial charge in [0, 0.05) is 44.2 Å². The maximum Gasteiger partial charge on any atom is 0.337 e. The maximum absolute atomic E-state index is 12.7. The number of nitrogens with zero attached hydrogens (tertiary/aromatic N) is 2. The zero-order valence-electron chi connectivity index (χ0n) is 21.1. The van der Waals surface area contributed by atoms with Gasteiger partial charge in [-0.05, 0) is 47.4 Å². The van der Waals surface area contributed by atoms with E-state index in [-0.39, 0.29) is 18.0 Å². The van der Waals surface area contributed by atoms with Gasteiger partial charge in [0.2, 0.25) is 5.91 Å². The van der Waals surface area contributed by atoms with Gasteiger partial charge in [0.05, 0.1) is 25.4 Å². The minimum atomic E-state index is -0.357. The summed E-state index contributed by atoms with van der Waals surface area (Å²) in [4.78, 5) is 28.8. The van der Waals surface area contributed by atoms with Gasteiger partial charge in [-0.25, -0.2) is 4.79 Å². The SMILES string of the molecule is COC(=O)c1ccc(CO[C@H](CN2CCN(C(=O)CCc3ccccc3)CC2)c2ccc(Cl)cc2)cc1. The summed E-state index contributed by atoms with van der Waals surface area (Å²) >= 11 is 6.12. The van der Waals surface area contributed by atoms with Gasteiger partial charge in [-0.2, -0.15) is 0 Å². The van der Waals surface area contributed by atoms with Crippen molar-refractivity contribution in [3.8, 4) is 0 Å². The zero-order valence-corrected chi connectivity index (χ0v) is 21.9. The molecule has 0 aromatic heterocycles. The van der Waals surface area contributed by atoms with Crippen LogP contribution >= 0.6 is 11.6 Å². The zero-order chi connectivity index (χ0) is 26.0. The number of hydrogen-bond acceptors (Lipinski definition) is 5. The van der Waals surface area contributed by atoms with E-state index in [1.165, 1.54) is 12.7 Å². The molecule has 0 saturated carbocycles. The molecule has 1 saturated heterocycles. The van der Waals surface area contributed by atoms with E-state index in [1.54, 1.807) is 12.1 Å². The van der Waals surface area contributed by atoms with Crippen molar-refractivity contribution in [3.05, 3.63) is 106 Å². The first-order valence-electron chi connectivity index (χ1n) is 12.6. The van der Waals surface area contributed by atoms with Crippen LogP contribution in [0.25, 0.3) is 0 Å². The Morgan fingerprint density at radius 2 is 1.54 bits per heavy atom. The lowest BCUT2D eigenvalue weighted by molar-refractivity contribution is -0.133. The van der Waals surface area contributed by atoms with Gasteiger partial charge in [0.1, 0.15) is 0 Å². The van der Waals surface area contributed by atoms with Crippen molar-refractivity contribution in [2.75, 3.05) is 39.8 Å². The van der Waals surface area contributed by atoms with Crippen LogP contribution in [0.15, 0.2) is 78.9 Å². The van der Waals surface area contributed by atoms with Crippen LogP contribution in [0.4, 0.5) is 0 Å². The van der Waals surface area contributed by atoms with E-state index >= 15 is 0 Å². The van der Waals surface area contributed by atoms with Crippen LogP contribution in [0, 0.1) is 0 Å². The van der Waals surface area contributed by atoms with Gasteiger partial charge in [0.25, 0.3) is 0 Å².